The van der Waals surface area contributed by atoms with E-state index in [1.54, 1.807) is 0 Å². The topological polar surface area (TPSA) is 50.9 Å². The predicted molar refractivity (Wildman–Crippen MR) is 69.7 cm³/mol. The van der Waals surface area contributed by atoms with Crippen molar-refractivity contribution in [3.05, 3.63) is 11.1 Å². The molecule has 0 saturated heterocycles. The van der Waals surface area contributed by atoms with Gasteiger partial charge in [-0.2, -0.15) is 0 Å². The Labute approximate surface area is 101 Å². The lowest BCUT2D eigenvalue weighted by Crippen LogP contribution is -2.30. The van der Waals surface area contributed by atoms with E-state index in [0.717, 1.165) is 25.2 Å². The molecule has 0 unspecified atom stereocenters. The van der Waals surface area contributed by atoms with Crippen LogP contribution in [0.25, 0.3) is 0 Å². The van der Waals surface area contributed by atoms with E-state index in [2.05, 4.69) is 17.2 Å². The van der Waals surface area contributed by atoms with Crippen LogP contribution in [-0.4, -0.2) is 18.1 Å². The summed E-state index contributed by atoms with van der Waals surface area (Å²) in [5.41, 5.74) is 7.25. The van der Waals surface area contributed by atoms with Crippen LogP contribution in [0.5, 0.6) is 0 Å². The quantitative estimate of drug-likeness (QED) is 0.776. The molecular formula is C12H21N3S. The highest BCUT2D eigenvalue weighted by Gasteiger charge is 2.27. The van der Waals surface area contributed by atoms with Crippen LogP contribution in [0.1, 0.15) is 38.3 Å². The van der Waals surface area contributed by atoms with E-state index in [9.17, 15) is 0 Å². The summed E-state index contributed by atoms with van der Waals surface area (Å²) in [6.45, 7) is 4.55. The third-order valence-corrected chi connectivity index (χ3v) is 4.21. The smallest absolute Gasteiger partial charge is 0.180 e. The lowest BCUT2D eigenvalue weighted by molar-refractivity contribution is 0.316. The summed E-state index contributed by atoms with van der Waals surface area (Å²) in [6, 6.07) is 0. The number of thiazole rings is 1. The van der Waals surface area contributed by atoms with E-state index in [1.807, 2.05) is 5.38 Å². The van der Waals surface area contributed by atoms with Gasteiger partial charge in [0, 0.05) is 24.9 Å². The highest BCUT2D eigenvalue weighted by atomic mass is 32.1. The highest BCUT2D eigenvalue weighted by molar-refractivity contribution is 7.13. The van der Waals surface area contributed by atoms with Crippen LogP contribution < -0.4 is 11.1 Å². The molecule has 0 aliphatic heterocycles. The number of hydrogen-bond donors (Lipinski definition) is 2. The van der Waals surface area contributed by atoms with Gasteiger partial charge in [0.2, 0.25) is 0 Å². The Hall–Kier alpha value is -0.610. The molecule has 90 valence electrons. The summed E-state index contributed by atoms with van der Waals surface area (Å²) in [4.78, 5) is 4.25. The molecule has 3 nitrogen and oxygen atoms in total. The fourth-order valence-electron chi connectivity index (χ4n) is 2.45. The Morgan fingerprint density at radius 3 is 2.88 bits per heavy atom. The van der Waals surface area contributed by atoms with Crippen molar-refractivity contribution in [2.45, 2.75) is 39.0 Å². The number of nitrogens with one attached hydrogen (secondary N) is 1. The van der Waals surface area contributed by atoms with Crippen LogP contribution in [0.15, 0.2) is 5.38 Å². The van der Waals surface area contributed by atoms with Crippen molar-refractivity contribution >= 4 is 16.5 Å². The van der Waals surface area contributed by atoms with Gasteiger partial charge in [-0.1, -0.05) is 19.8 Å². The normalized spacial score (nSPS) is 19.1. The van der Waals surface area contributed by atoms with Gasteiger partial charge in [0.15, 0.2) is 5.13 Å². The van der Waals surface area contributed by atoms with Gasteiger partial charge in [-0.15, -0.1) is 11.3 Å². The van der Waals surface area contributed by atoms with Crippen molar-refractivity contribution < 1.29 is 0 Å². The van der Waals surface area contributed by atoms with Crippen LogP contribution in [0.2, 0.25) is 0 Å². The average Bonchev–Trinajstić information content (AvgIpc) is 2.84. The molecule has 1 aromatic rings. The SMILES string of the molecule is CC1(CNCCc2csc(N)n2)CCCC1. The maximum Gasteiger partial charge on any atom is 0.180 e. The number of nitrogen functional groups attached to an aromatic ring is 1. The lowest BCUT2D eigenvalue weighted by atomic mass is 9.89. The van der Waals surface area contributed by atoms with E-state index >= 15 is 0 Å². The van der Waals surface area contributed by atoms with Crippen molar-refractivity contribution in [3.8, 4) is 0 Å². The first-order valence-electron chi connectivity index (χ1n) is 6.09. The minimum Gasteiger partial charge on any atom is -0.375 e. The molecule has 1 aliphatic rings. The van der Waals surface area contributed by atoms with Gasteiger partial charge in [0.1, 0.15) is 0 Å². The van der Waals surface area contributed by atoms with Gasteiger partial charge in [0.05, 0.1) is 5.69 Å². The molecule has 1 aromatic heterocycles. The summed E-state index contributed by atoms with van der Waals surface area (Å²) in [5, 5.41) is 6.28. The molecule has 3 N–H and O–H groups in total. The first kappa shape index (κ1) is 11.9. The van der Waals surface area contributed by atoms with Gasteiger partial charge in [-0.3, -0.25) is 0 Å². The maximum absolute atomic E-state index is 5.59. The second-order valence-corrected chi connectivity index (χ2v) is 6.01. The average molecular weight is 239 g/mol. The molecule has 0 atom stereocenters. The van der Waals surface area contributed by atoms with Crippen molar-refractivity contribution in [1.29, 1.82) is 0 Å². The third-order valence-electron chi connectivity index (χ3n) is 3.49. The summed E-state index contributed by atoms with van der Waals surface area (Å²) in [6.07, 6.45) is 6.55. The zero-order chi connectivity index (χ0) is 11.4. The summed E-state index contributed by atoms with van der Waals surface area (Å²) < 4.78 is 0. The largest absolute Gasteiger partial charge is 0.375 e. The summed E-state index contributed by atoms with van der Waals surface area (Å²) >= 11 is 1.53. The fraction of sp³-hybridized carbons (Fsp3) is 0.750. The number of nitrogens with zero attached hydrogens (tertiary/aromatic N) is 1. The van der Waals surface area contributed by atoms with E-state index in [1.165, 1.54) is 37.0 Å². The van der Waals surface area contributed by atoms with Crippen LogP contribution in [0.3, 0.4) is 0 Å². The monoisotopic (exact) mass is 239 g/mol. The Morgan fingerprint density at radius 1 is 1.50 bits per heavy atom. The van der Waals surface area contributed by atoms with Crippen molar-refractivity contribution in [2.75, 3.05) is 18.8 Å². The fourth-order valence-corrected chi connectivity index (χ4v) is 3.05. The molecule has 0 radical (unpaired) electrons. The van der Waals surface area contributed by atoms with Gasteiger partial charge in [-0.25, -0.2) is 4.98 Å². The van der Waals surface area contributed by atoms with Gasteiger partial charge in [0.25, 0.3) is 0 Å². The lowest BCUT2D eigenvalue weighted by Gasteiger charge is -2.23. The van der Waals surface area contributed by atoms with E-state index in [0.29, 0.717) is 10.5 Å². The second-order valence-electron chi connectivity index (χ2n) is 5.12. The van der Waals surface area contributed by atoms with Crippen molar-refractivity contribution in [2.24, 2.45) is 5.41 Å². The molecule has 1 heterocycles. The number of hydrogen-bond acceptors (Lipinski definition) is 4. The van der Waals surface area contributed by atoms with E-state index in [4.69, 9.17) is 5.73 Å². The predicted octanol–water partition coefficient (Wildman–Crippen LogP) is 2.44. The third kappa shape index (κ3) is 3.19. The molecule has 1 saturated carbocycles. The molecule has 0 amide bonds. The standard InChI is InChI=1S/C12H21N3S/c1-12(5-2-3-6-12)9-14-7-4-10-8-16-11(13)15-10/h8,14H,2-7,9H2,1H3,(H2,13,15). The van der Waals surface area contributed by atoms with Gasteiger partial charge >= 0.3 is 0 Å². The maximum atomic E-state index is 5.59. The number of aromatic nitrogens is 1. The first-order valence-corrected chi connectivity index (χ1v) is 6.97. The number of rotatable bonds is 5. The Kier molecular flexibility index (Phi) is 3.82. The highest BCUT2D eigenvalue weighted by Crippen LogP contribution is 2.36. The van der Waals surface area contributed by atoms with Crippen molar-refractivity contribution in [1.82, 2.24) is 10.3 Å². The summed E-state index contributed by atoms with van der Waals surface area (Å²) in [7, 11) is 0. The molecule has 2 rings (SSSR count). The molecule has 1 aliphatic carbocycles. The zero-order valence-electron chi connectivity index (χ0n) is 9.96. The van der Waals surface area contributed by atoms with E-state index in [-0.39, 0.29) is 0 Å². The first-order chi connectivity index (χ1) is 7.68. The Morgan fingerprint density at radius 2 is 2.25 bits per heavy atom. The Balaban J connectivity index is 1.65. The second kappa shape index (κ2) is 5.15. The van der Waals surface area contributed by atoms with Gasteiger partial charge in [-0.05, 0) is 18.3 Å². The Bertz CT molecular complexity index is 329. The van der Waals surface area contributed by atoms with Crippen LogP contribution in [-0.2, 0) is 6.42 Å². The van der Waals surface area contributed by atoms with Crippen LogP contribution >= 0.6 is 11.3 Å². The minimum absolute atomic E-state index is 0.543. The minimum atomic E-state index is 0.543. The molecule has 16 heavy (non-hydrogen) atoms. The van der Waals surface area contributed by atoms with E-state index < -0.39 is 0 Å². The molecule has 0 bridgehead atoms. The van der Waals surface area contributed by atoms with Crippen LogP contribution in [0, 0.1) is 5.41 Å². The molecule has 4 heteroatoms. The van der Waals surface area contributed by atoms with Crippen molar-refractivity contribution in [3.63, 3.8) is 0 Å². The van der Waals surface area contributed by atoms with Crippen LogP contribution in [0.4, 0.5) is 5.13 Å². The molecular weight excluding hydrogens is 218 g/mol. The number of nitrogens with two attached hydrogens (primary N) is 1. The summed E-state index contributed by atoms with van der Waals surface area (Å²) in [5.74, 6) is 0. The molecule has 0 spiro atoms. The number of anilines is 1. The van der Waals surface area contributed by atoms with Gasteiger partial charge < -0.3 is 11.1 Å². The zero-order valence-corrected chi connectivity index (χ0v) is 10.8. The molecule has 0 aromatic carbocycles. The molecule has 1 fully saturated rings.